The normalized spacial score (nSPS) is 11.5. The molecule has 1 N–H and O–H groups in total. The van der Waals surface area contributed by atoms with Crippen LogP contribution in [0.15, 0.2) is 95.9 Å². The zero-order valence-electron chi connectivity index (χ0n) is 15.0. The van der Waals surface area contributed by atoms with Crippen molar-refractivity contribution in [3.8, 4) is 0 Å². The van der Waals surface area contributed by atoms with Gasteiger partial charge in [-0.1, -0.05) is 54.6 Å². The summed E-state index contributed by atoms with van der Waals surface area (Å²) in [5.41, 5.74) is 1.58. The van der Waals surface area contributed by atoms with Crippen LogP contribution >= 0.6 is 0 Å². The van der Waals surface area contributed by atoms with Gasteiger partial charge in [-0.15, -0.1) is 0 Å². The van der Waals surface area contributed by atoms with Crippen molar-refractivity contribution < 1.29 is 18.3 Å². The molecule has 0 fully saturated rings. The van der Waals surface area contributed by atoms with Gasteiger partial charge in [-0.25, -0.2) is 12.7 Å². The summed E-state index contributed by atoms with van der Waals surface area (Å²) in [5.74, 6) is -0.455. The molecule has 0 atom stereocenters. The second-order valence-corrected chi connectivity index (χ2v) is 7.76. The molecule has 5 nitrogen and oxygen atoms in total. The fraction of sp³-hybridized carbons (Fsp3) is 0.0455. The number of sulfonamides is 1. The fourth-order valence-electron chi connectivity index (χ4n) is 2.68. The smallest absolute Gasteiger partial charge is 0.268 e. The molecule has 0 spiro atoms. The van der Waals surface area contributed by atoms with E-state index in [-0.39, 0.29) is 4.90 Å². The number of rotatable bonds is 7. The number of anilines is 2. The van der Waals surface area contributed by atoms with Crippen molar-refractivity contribution in [2.45, 2.75) is 4.90 Å². The number of carbonyl (C=O) groups is 1. The van der Waals surface area contributed by atoms with E-state index in [1.54, 1.807) is 60.7 Å². The molecule has 142 valence electrons. The first-order valence-corrected chi connectivity index (χ1v) is 10.0. The molecule has 3 aromatic carbocycles. The minimum atomic E-state index is -3.91. The van der Waals surface area contributed by atoms with Crippen molar-refractivity contribution in [1.82, 2.24) is 0 Å². The maximum atomic E-state index is 13.5. The molecule has 0 aliphatic carbocycles. The Labute approximate surface area is 164 Å². The van der Waals surface area contributed by atoms with Gasteiger partial charge in [-0.3, -0.25) is 4.79 Å². The third-order valence-electron chi connectivity index (χ3n) is 4.00. The highest BCUT2D eigenvalue weighted by atomic mass is 32.2. The summed E-state index contributed by atoms with van der Waals surface area (Å²) in [4.78, 5) is 11.4. The summed E-state index contributed by atoms with van der Waals surface area (Å²) in [7, 11) is -3.91. The summed E-state index contributed by atoms with van der Waals surface area (Å²) < 4.78 is 28.2. The van der Waals surface area contributed by atoms with E-state index in [4.69, 9.17) is 5.11 Å². The number of hydrogen-bond donors (Lipinski definition) is 1. The van der Waals surface area contributed by atoms with Gasteiger partial charge >= 0.3 is 0 Å². The molecule has 0 radical (unpaired) electrons. The first-order chi connectivity index (χ1) is 13.5. The Bertz CT molecular complexity index is 1040. The van der Waals surface area contributed by atoms with Crippen LogP contribution in [-0.2, 0) is 14.8 Å². The van der Waals surface area contributed by atoms with E-state index >= 15 is 0 Å². The summed E-state index contributed by atoms with van der Waals surface area (Å²) in [6.07, 6.45) is 2.70. The topological polar surface area (TPSA) is 74.7 Å². The van der Waals surface area contributed by atoms with E-state index in [9.17, 15) is 13.2 Å². The number of benzene rings is 3. The number of aliphatic hydroxyl groups excluding tert-OH is 1. The first kappa shape index (κ1) is 19.5. The van der Waals surface area contributed by atoms with E-state index in [0.29, 0.717) is 16.9 Å². The molecule has 0 aliphatic rings. The summed E-state index contributed by atoms with van der Waals surface area (Å²) in [6, 6.07) is 24.0. The van der Waals surface area contributed by atoms with E-state index in [1.165, 1.54) is 28.6 Å². The largest absolute Gasteiger partial charge is 0.388 e. The molecule has 0 saturated carbocycles. The second kappa shape index (κ2) is 8.65. The molecule has 0 aromatic heterocycles. The summed E-state index contributed by atoms with van der Waals surface area (Å²) in [6.45, 7) is -0.593. The number of carbonyl (C=O) groups excluding carboxylic acids is 1. The van der Waals surface area contributed by atoms with Crippen LogP contribution in [0, 0.1) is 0 Å². The van der Waals surface area contributed by atoms with Crippen LogP contribution in [0.25, 0.3) is 6.08 Å². The van der Waals surface area contributed by atoms with Crippen LogP contribution in [0.2, 0.25) is 0 Å². The van der Waals surface area contributed by atoms with Crippen LogP contribution in [0.4, 0.5) is 11.4 Å². The lowest BCUT2D eigenvalue weighted by Gasteiger charge is -2.24. The third-order valence-corrected chi connectivity index (χ3v) is 5.75. The predicted molar refractivity (Wildman–Crippen MR) is 110 cm³/mol. The number of aliphatic hydroxyl groups is 1. The number of hydrogen-bond acceptors (Lipinski definition) is 4. The minimum Gasteiger partial charge on any atom is -0.388 e. The maximum Gasteiger partial charge on any atom is 0.268 e. The fourth-order valence-corrected chi connectivity index (χ4v) is 4.22. The van der Waals surface area contributed by atoms with Crippen LogP contribution < -0.4 is 4.31 Å². The molecule has 0 aliphatic heterocycles. The molecule has 0 saturated heterocycles. The lowest BCUT2D eigenvalue weighted by atomic mass is 10.2. The van der Waals surface area contributed by atoms with Crippen molar-refractivity contribution in [2.75, 3.05) is 10.9 Å². The molecule has 28 heavy (non-hydrogen) atoms. The highest BCUT2D eigenvalue weighted by Crippen LogP contribution is 2.32. The lowest BCUT2D eigenvalue weighted by Crippen LogP contribution is -2.26. The van der Waals surface area contributed by atoms with Crippen molar-refractivity contribution >= 4 is 33.3 Å². The Morgan fingerprint density at radius 3 is 1.96 bits per heavy atom. The highest BCUT2D eigenvalue weighted by Gasteiger charge is 2.26. The monoisotopic (exact) mass is 393 g/mol. The van der Waals surface area contributed by atoms with Gasteiger partial charge in [0, 0.05) is 0 Å². The van der Waals surface area contributed by atoms with Gasteiger partial charge in [0.2, 0.25) is 0 Å². The minimum absolute atomic E-state index is 0.0961. The van der Waals surface area contributed by atoms with E-state index in [2.05, 4.69) is 0 Å². The van der Waals surface area contributed by atoms with Crippen molar-refractivity contribution in [3.63, 3.8) is 0 Å². The van der Waals surface area contributed by atoms with Gasteiger partial charge in [-0.2, -0.15) is 0 Å². The van der Waals surface area contributed by atoms with E-state index in [0.717, 1.165) is 0 Å². The molecule has 3 aromatic rings. The second-order valence-electron chi connectivity index (χ2n) is 5.97. The Hall–Kier alpha value is -3.22. The predicted octanol–water partition coefficient (Wildman–Crippen LogP) is 3.79. The Morgan fingerprint density at radius 1 is 0.857 bits per heavy atom. The van der Waals surface area contributed by atoms with Crippen LogP contribution in [-0.4, -0.2) is 25.9 Å². The van der Waals surface area contributed by atoms with Gasteiger partial charge in [0.05, 0.1) is 16.3 Å². The van der Waals surface area contributed by atoms with Gasteiger partial charge < -0.3 is 5.11 Å². The van der Waals surface area contributed by atoms with Crippen LogP contribution in [0.5, 0.6) is 0 Å². The molecule has 0 heterocycles. The summed E-state index contributed by atoms with van der Waals surface area (Å²) >= 11 is 0. The van der Waals surface area contributed by atoms with Crippen molar-refractivity contribution in [1.29, 1.82) is 0 Å². The Kier molecular flexibility index (Phi) is 6.03. The maximum absolute atomic E-state index is 13.5. The zero-order chi connectivity index (χ0) is 20.0. The molecular weight excluding hydrogens is 374 g/mol. The average Bonchev–Trinajstić information content (AvgIpc) is 2.74. The van der Waals surface area contributed by atoms with Gasteiger partial charge in [0.25, 0.3) is 10.0 Å². The van der Waals surface area contributed by atoms with E-state index < -0.39 is 22.4 Å². The van der Waals surface area contributed by atoms with Gasteiger partial charge in [0.15, 0.2) is 5.78 Å². The van der Waals surface area contributed by atoms with Crippen LogP contribution in [0.3, 0.4) is 0 Å². The van der Waals surface area contributed by atoms with Crippen molar-refractivity contribution in [2.24, 2.45) is 0 Å². The SMILES string of the molecule is O=C(/C=C/c1cccc(S(=O)(=O)N(c2ccccc2)c2ccccc2)c1)CO. The Balaban J connectivity index is 2.08. The number of ketones is 1. The van der Waals surface area contributed by atoms with Gasteiger partial charge in [-0.05, 0) is 48.0 Å². The average molecular weight is 393 g/mol. The van der Waals surface area contributed by atoms with E-state index in [1.807, 2.05) is 12.1 Å². The molecule has 0 unspecified atom stereocenters. The number of nitrogens with zero attached hydrogens (tertiary/aromatic N) is 1. The third kappa shape index (κ3) is 4.36. The zero-order valence-corrected chi connectivity index (χ0v) is 15.8. The molecule has 0 bridgehead atoms. The van der Waals surface area contributed by atoms with Gasteiger partial charge in [0.1, 0.15) is 6.61 Å². The molecule has 3 rings (SSSR count). The standard InChI is InChI=1S/C22H19NO4S/c24-17-21(25)15-14-18-8-7-13-22(16-18)28(26,27)23(19-9-3-1-4-10-19)20-11-5-2-6-12-20/h1-16,24H,17H2/b15-14+. The van der Waals surface area contributed by atoms with Crippen LogP contribution in [0.1, 0.15) is 5.56 Å². The molecule has 6 heteroatoms. The molecule has 0 amide bonds. The Morgan fingerprint density at radius 2 is 1.43 bits per heavy atom. The quantitative estimate of drug-likeness (QED) is 0.620. The summed E-state index contributed by atoms with van der Waals surface area (Å²) in [5, 5.41) is 8.82. The number of para-hydroxylation sites is 2. The van der Waals surface area contributed by atoms with Crippen molar-refractivity contribution in [3.05, 3.63) is 96.6 Å². The first-order valence-electron chi connectivity index (χ1n) is 8.59. The lowest BCUT2D eigenvalue weighted by molar-refractivity contribution is -0.117. The highest BCUT2D eigenvalue weighted by molar-refractivity contribution is 7.93. The molecular formula is C22H19NO4S.